The van der Waals surface area contributed by atoms with Crippen LogP contribution < -0.4 is 32.4 Å². The molecule has 0 aromatic heterocycles. The lowest BCUT2D eigenvalue weighted by atomic mass is 10.1. The molecule has 0 spiro atoms. The van der Waals surface area contributed by atoms with Gasteiger partial charge in [-0.05, 0) is 49.4 Å². The van der Waals surface area contributed by atoms with Crippen molar-refractivity contribution in [3.8, 4) is 11.5 Å². The molecule has 1 atom stereocenters. The highest BCUT2D eigenvalue weighted by Crippen LogP contribution is 2.25. The average molecular weight is 344 g/mol. The normalized spacial score (nSPS) is 11.9. The van der Waals surface area contributed by atoms with E-state index in [1.165, 1.54) is 0 Å². The number of hydrogen-bond acceptors (Lipinski definition) is 6. The molecule has 0 amide bonds. The summed E-state index contributed by atoms with van der Waals surface area (Å²) in [6.07, 6.45) is 3.02. The van der Waals surface area contributed by atoms with E-state index in [0.29, 0.717) is 53.4 Å². The lowest BCUT2D eigenvalue weighted by Gasteiger charge is -2.15. The van der Waals surface area contributed by atoms with E-state index in [9.17, 15) is 0 Å². The van der Waals surface area contributed by atoms with Crippen LogP contribution in [0.2, 0.25) is 0 Å². The first-order chi connectivity index (χ1) is 12.0. The van der Waals surface area contributed by atoms with Crippen LogP contribution in [-0.2, 0) is 0 Å². The summed E-state index contributed by atoms with van der Waals surface area (Å²) in [7, 11) is 0. The molecule has 8 N–H and O–H groups in total. The molecular formula is C19H28N4O2. The molecule has 0 saturated carbocycles. The van der Waals surface area contributed by atoms with Crippen molar-refractivity contribution in [3.63, 3.8) is 0 Å². The fourth-order valence-corrected chi connectivity index (χ4v) is 2.44. The van der Waals surface area contributed by atoms with Crippen LogP contribution in [0, 0.1) is 5.92 Å². The Balaban J connectivity index is 1.64. The average Bonchev–Trinajstić information content (AvgIpc) is 2.58. The molecule has 0 saturated heterocycles. The molecular weight excluding hydrogens is 316 g/mol. The van der Waals surface area contributed by atoms with Crippen LogP contribution in [0.4, 0.5) is 22.7 Å². The molecule has 136 valence electrons. The molecule has 25 heavy (non-hydrogen) atoms. The molecule has 0 fully saturated rings. The van der Waals surface area contributed by atoms with Gasteiger partial charge in [0.1, 0.15) is 11.5 Å². The quantitative estimate of drug-likeness (QED) is 0.409. The summed E-state index contributed by atoms with van der Waals surface area (Å²) in [5, 5.41) is 0. The fourth-order valence-electron chi connectivity index (χ4n) is 2.44. The maximum atomic E-state index is 5.88. The zero-order valence-electron chi connectivity index (χ0n) is 14.7. The lowest BCUT2D eigenvalue weighted by Crippen LogP contribution is -2.10. The number of anilines is 4. The first-order valence-electron chi connectivity index (χ1n) is 8.51. The number of nitrogens with two attached hydrogens (primary N) is 4. The van der Waals surface area contributed by atoms with E-state index in [-0.39, 0.29) is 0 Å². The second-order valence-electron chi connectivity index (χ2n) is 6.35. The predicted molar refractivity (Wildman–Crippen MR) is 105 cm³/mol. The van der Waals surface area contributed by atoms with Crippen molar-refractivity contribution < 1.29 is 9.47 Å². The topological polar surface area (TPSA) is 123 Å². The summed E-state index contributed by atoms with van der Waals surface area (Å²) in [6.45, 7) is 3.37. The Bertz CT molecular complexity index is 691. The zero-order valence-corrected chi connectivity index (χ0v) is 14.7. The molecule has 0 aliphatic carbocycles. The number of rotatable bonds is 9. The van der Waals surface area contributed by atoms with Gasteiger partial charge in [-0.3, -0.25) is 0 Å². The standard InChI is InChI=1S/C19H28N4O2/c1-13(12-25-19-11-15(21)6-8-17(19)23)4-2-3-9-24-18-10-14(20)5-7-16(18)22/h5-8,10-11,13H,2-4,9,12,20-23H2,1H3. The second-order valence-corrected chi connectivity index (χ2v) is 6.35. The third-order valence-corrected chi connectivity index (χ3v) is 3.95. The highest BCUT2D eigenvalue weighted by molar-refractivity contribution is 5.60. The second kappa shape index (κ2) is 8.92. The number of unbranched alkanes of at least 4 members (excludes halogenated alkanes) is 1. The first kappa shape index (κ1) is 18.6. The summed E-state index contributed by atoms with van der Waals surface area (Å²) in [5.41, 5.74) is 25.7. The molecule has 0 heterocycles. The van der Waals surface area contributed by atoms with Gasteiger partial charge in [-0.1, -0.05) is 6.92 Å². The van der Waals surface area contributed by atoms with Crippen molar-refractivity contribution >= 4 is 22.7 Å². The first-order valence-corrected chi connectivity index (χ1v) is 8.51. The Morgan fingerprint density at radius 3 is 1.96 bits per heavy atom. The van der Waals surface area contributed by atoms with E-state index in [0.717, 1.165) is 19.3 Å². The smallest absolute Gasteiger partial charge is 0.144 e. The van der Waals surface area contributed by atoms with E-state index in [1.807, 2.05) is 0 Å². The predicted octanol–water partition coefficient (Wildman–Crippen LogP) is 3.28. The highest BCUT2D eigenvalue weighted by atomic mass is 16.5. The number of nitrogen functional groups attached to an aromatic ring is 4. The van der Waals surface area contributed by atoms with Crippen molar-refractivity contribution in [3.05, 3.63) is 36.4 Å². The van der Waals surface area contributed by atoms with Gasteiger partial charge in [0.2, 0.25) is 0 Å². The van der Waals surface area contributed by atoms with Crippen LogP contribution in [0.3, 0.4) is 0 Å². The molecule has 6 heteroatoms. The molecule has 1 unspecified atom stereocenters. The lowest BCUT2D eigenvalue weighted by molar-refractivity contribution is 0.243. The van der Waals surface area contributed by atoms with E-state index in [2.05, 4.69) is 6.92 Å². The minimum atomic E-state index is 0.415. The van der Waals surface area contributed by atoms with Crippen molar-refractivity contribution in [2.75, 3.05) is 36.1 Å². The monoisotopic (exact) mass is 344 g/mol. The Morgan fingerprint density at radius 2 is 1.36 bits per heavy atom. The van der Waals surface area contributed by atoms with E-state index >= 15 is 0 Å². The largest absolute Gasteiger partial charge is 0.491 e. The van der Waals surface area contributed by atoms with Gasteiger partial charge < -0.3 is 32.4 Å². The van der Waals surface area contributed by atoms with Gasteiger partial charge >= 0.3 is 0 Å². The van der Waals surface area contributed by atoms with Crippen LogP contribution in [0.25, 0.3) is 0 Å². The molecule has 0 radical (unpaired) electrons. The Kier molecular flexibility index (Phi) is 6.62. The van der Waals surface area contributed by atoms with Crippen LogP contribution in [0.1, 0.15) is 26.2 Å². The van der Waals surface area contributed by atoms with E-state index in [1.54, 1.807) is 36.4 Å². The van der Waals surface area contributed by atoms with E-state index < -0.39 is 0 Å². The SMILES string of the molecule is CC(CCCCOc1cc(N)ccc1N)COc1cc(N)ccc1N. The number of ether oxygens (including phenoxy) is 2. The molecule has 6 nitrogen and oxygen atoms in total. The van der Waals surface area contributed by atoms with E-state index in [4.69, 9.17) is 32.4 Å². The molecule has 2 rings (SSSR count). The Hall–Kier alpha value is -2.76. The van der Waals surface area contributed by atoms with Gasteiger partial charge in [-0.25, -0.2) is 0 Å². The fraction of sp³-hybridized carbons (Fsp3) is 0.368. The van der Waals surface area contributed by atoms with Gasteiger partial charge in [0.15, 0.2) is 0 Å². The Labute approximate surface area is 149 Å². The van der Waals surface area contributed by atoms with Crippen LogP contribution in [0.15, 0.2) is 36.4 Å². The summed E-state index contributed by atoms with van der Waals surface area (Å²) >= 11 is 0. The minimum Gasteiger partial charge on any atom is -0.491 e. The summed E-state index contributed by atoms with van der Waals surface area (Å²) < 4.78 is 11.5. The van der Waals surface area contributed by atoms with Crippen LogP contribution >= 0.6 is 0 Å². The zero-order chi connectivity index (χ0) is 18.2. The van der Waals surface area contributed by atoms with Crippen molar-refractivity contribution in [1.29, 1.82) is 0 Å². The molecule has 2 aromatic rings. The summed E-state index contributed by atoms with van der Waals surface area (Å²) in [4.78, 5) is 0. The van der Waals surface area contributed by atoms with Crippen LogP contribution in [0.5, 0.6) is 11.5 Å². The molecule has 2 aromatic carbocycles. The third-order valence-electron chi connectivity index (χ3n) is 3.95. The maximum Gasteiger partial charge on any atom is 0.144 e. The molecule has 0 bridgehead atoms. The van der Waals surface area contributed by atoms with Crippen LogP contribution in [-0.4, -0.2) is 13.2 Å². The highest BCUT2D eigenvalue weighted by Gasteiger charge is 2.07. The van der Waals surface area contributed by atoms with Gasteiger partial charge in [-0.2, -0.15) is 0 Å². The molecule has 0 aliphatic heterocycles. The Morgan fingerprint density at radius 1 is 0.800 bits per heavy atom. The summed E-state index contributed by atoms with van der Waals surface area (Å²) in [6, 6.07) is 10.5. The van der Waals surface area contributed by atoms with Crippen molar-refractivity contribution in [1.82, 2.24) is 0 Å². The molecule has 0 aliphatic rings. The van der Waals surface area contributed by atoms with Gasteiger partial charge in [0, 0.05) is 23.5 Å². The summed E-state index contributed by atoms with van der Waals surface area (Å²) in [5.74, 6) is 1.71. The van der Waals surface area contributed by atoms with Gasteiger partial charge in [0.25, 0.3) is 0 Å². The van der Waals surface area contributed by atoms with Crippen molar-refractivity contribution in [2.24, 2.45) is 5.92 Å². The minimum absolute atomic E-state index is 0.415. The maximum absolute atomic E-state index is 5.88. The van der Waals surface area contributed by atoms with Crippen molar-refractivity contribution in [2.45, 2.75) is 26.2 Å². The number of hydrogen-bond donors (Lipinski definition) is 4. The number of benzene rings is 2. The third kappa shape index (κ3) is 5.99. The van der Waals surface area contributed by atoms with Gasteiger partial charge in [0.05, 0.1) is 24.6 Å². The van der Waals surface area contributed by atoms with Gasteiger partial charge in [-0.15, -0.1) is 0 Å².